The molecule has 0 aliphatic carbocycles. The zero-order valence-electron chi connectivity index (χ0n) is 11.8. The van der Waals surface area contributed by atoms with Crippen molar-refractivity contribution in [1.82, 2.24) is 14.8 Å². The van der Waals surface area contributed by atoms with Gasteiger partial charge in [0.1, 0.15) is 0 Å². The second kappa shape index (κ2) is 5.36. The third kappa shape index (κ3) is 2.44. The van der Waals surface area contributed by atoms with E-state index < -0.39 is 5.97 Å². The van der Waals surface area contributed by atoms with Crippen LogP contribution in [-0.4, -0.2) is 31.7 Å². The summed E-state index contributed by atoms with van der Waals surface area (Å²) in [5.41, 5.74) is 1.89. The van der Waals surface area contributed by atoms with Gasteiger partial charge in [0.25, 0.3) is 0 Å². The van der Waals surface area contributed by atoms with Crippen LogP contribution in [-0.2, 0) is 18.3 Å². The Morgan fingerprint density at radius 1 is 1.36 bits per heavy atom. The number of hydrogen-bond acceptors (Lipinski definition) is 3. The Balaban J connectivity index is 1.82. The molecular weight excluding hydrogens is 284 g/mol. The summed E-state index contributed by atoms with van der Waals surface area (Å²) in [4.78, 5) is 23.1. The number of aryl methyl sites for hydroxylation is 1. The number of anilines is 1. The lowest BCUT2D eigenvalue weighted by molar-refractivity contribution is -0.115. The molecule has 0 atom stereocenters. The summed E-state index contributed by atoms with van der Waals surface area (Å²) in [5.74, 6) is -1.48. The number of benzene rings is 1. The number of carbonyl (C=O) groups is 2. The van der Waals surface area contributed by atoms with E-state index in [4.69, 9.17) is 5.11 Å². The highest BCUT2D eigenvalue weighted by Crippen LogP contribution is 2.21. The highest BCUT2D eigenvalue weighted by Gasteiger charge is 2.16. The predicted molar refractivity (Wildman–Crippen MR) is 80.8 cm³/mol. The van der Waals surface area contributed by atoms with E-state index in [0.29, 0.717) is 0 Å². The van der Waals surface area contributed by atoms with Gasteiger partial charge in [-0.2, -0.15) is 5.10 Å². The first-order chi connectivity index (χ1) is 10.6. The fourth-order valence-electron chi connectivity index (χ4n) is 2.48. The first-order valence-corrected chi connectivity index (χ1v) is 6.66. The molecule has 2 heterocycles. The van der Waals surface area contributed by atoms with Gasteiger partial charge < -0.3 is 15.0 Å². The van der Waals surface area contributed by atoms with Crippen LogP contribution in [0.15, 0.2) is 36.7 Å². The van der Waals surface area contributed by atoms with Crippen molar-refractivity contribution in [2.75, 3.05) is 5.32 Å². The minimum atomic E-state index is -1.19. The highest BCUT2D eigenvalue weighted by molar-refractivity contribution is 6.00. The molecule has 3 aromatic rings. The number of amides is 1. The third-order valence-corrected chi connectivity index (χ3v) is 3.45. The van der Waals surface area contributed by atoms with Gasteiger partial charge in [0.2, 0.25) is 5.91 Å². The predicted octanol–water partition coefficient (Wildman–Crippen LogP) is 1.78. The molecule has 0 saturated heterocycles. The molecule has 0 spiro atoms. The molecule has 1 amide bonds. The summed E-state index contributed by atoms with van der Waals surface area (Å²) in [6.45, 7) is 0. The van der Waals surface area contributed by atoms with E-state index in [1.807, 2.05) is 42.1 Å². The van der Waals surface area contributed by atoms with Crippen molar-refractivity contribution >= 4 is 28.5 Å². The summed E-state index contributed by atoms with van der Waals surface area (Å²) in [5, 5.41) is 18.6. The molecule has 0 fully saturated rings. The topological polar surface area (TPSA) is 100 Å². The molecule has 0 aliphatic heterocycles. The van der Waals surface area contributed by atoms with Gasteiger partial charge in [-0.3, -0.25) is 9.89 Å². The van der Waals surface area contributed by atoms with Crippen LogP contribution in [0.25, 0.3) is 10.9 Å². The van der Waals surface area contributed by atoms with Gasteiger partial charge in [-0.1, -0.05) is 18.2 Å². The number of H-pyrrole nitrogens is 1. The zero-order chi connectivity index (χ0) is 15.7. The maximum Gasteiger partial charge on any atom is 0.358 e. The summed E-state index contributed by atoms with van der Waals surface area (Å²) in [7, 11) is 1.92. The second-order valence-corrected chi connectivity index (χ2v) is 4.96. The zero-order valence-corrected chi connectivity index (χ0v) is 11.8. The molecule has 22 heavy (non-hydrogen) atoms. The van der Waals surface area contributed by atoms with Crippen LogP contribution in [0.4, 0.5) is 5.69 Å². The van der Waals surface area contributed by atoms with E-state index in [9.17, 15) is 9.59 Å². The van der Waals surface area contributed by atoms with Gasteiger partial charge >= 0.3 is 5.97 Å². The van der Waals surface area contributed by atoms with Crippen LogP contribution in [0.5, 0.6) is 0 Å². The van der Waals surface area contributed by atoms with Crippen LogP contribution >= 0.6 is 0 Å². The Kier molecular flexibility index (Phi) is 3.38. The number of hydrogen-bond donors (Lipinski definition) is 3. The smallest absolute Gasteiger partial charge is 0.358 e. The number of nitrogens with one attached hydrogen (secondary N) is 2. The van der Waals surface area contributed by atoms with Crippen LogP contribution in [0.1, 0.15) is 16.1 Å². The van der Waals surface area contributed by atoms with Crippen LogP contribution in [0.2, 0.25) is 0 Å². The van der Waals surface area contributed by atoms with Gasteiger partial charge in [0, 0.05) is 30.3 Å². The Hall–Kier alpha value is -3.09. The first-order valence-electron chi connectivity index (χ1n) is 6.66. The number of nitrogens with zero attached hydrogens (tertiary/aromatic N) is 2. The lowest BCUT2D eigenvalue weighted by atomic mass is 10.1. The van der Waals surface area contributed by atoms with Gasteiger partial charge in [-0.15, -0.1) is 0 Å². The minimum Gasteiger partial charge on any atom is -0.476 e. The first kappa shape index (κ1) is 13.9. The monoisotopic (exact) mass is 298 g/mol. The normalized spacial score (nSPS) is 10.8. The molecule has 2 aromatic heterocycles. The van der Waals surface area contributed by atoms with Gasteiger partial charge in [-0.05, 0) is 11.6 Å². The highest BCUT2D eigenvalue weighted by atomic mass is 16.4. The van der Waals surface area contributed by atoms with Crippen LogP contribution in [0, 0.1) is 0 Å². The molecule has 3 rings (SSSR count). The summed E-state index contributed by atoms with van der Waals surface area (Å²) >= 11 is 0. The number of carboxylic acids is 1. The average Bonchev–Trinajstić information content (AvgIpc) is 3.05. The lowest BCUT2D eigenvalue weighted by Gasteiger charge is -2.03. The number of para-hydroxylation sites is 1. The Morgan fingerprint density at radius 3 is 2.91 bits per heavy atom. The van der Waals surface area contributed by atoms with Gasteiger partial charge in [0.15, 0.2) is 5.69 Å². The van der Waals surface area contributed by atoms with E-state index in [1.165, 1.54) is 6.20 Å². The second-order valence-electron chi connectivity index (χ2n) is 4.96. The van der Waals surface area contributed by atoms with E-state index in [-0.39, 0.29) is 23.7 Å². The van der Waals surface area contributed by atoms with Crippen molar-refractivity contribution in [2.45, 2.75) is 6.42 Å². The standard InChI is InChI=1S/C15H14N4O3/c1-19-8-9(10-4-2-3-5-12(10)19)6-13(20)17-11-7-16-18-14(11)15(21)22/h2-5,7-8H,6H2,1H3,(H,16,18)(H,17,20)(H,21,22). The fraction of sp³-hybridized carbons (Fsp3) is 0.133. The minimum absolute atomic E-state index is 0.158. The van der Waals surface area contributed by atoms with Crippen molar-refractivity contribution in [1.29, 1.82) is 0 Å². The number of aromatic amines is 1. The fourth-order valence-corrected chi connectivity index (χ4v) is 2.48. The van der Waals surface area contributed by atoms with Gasteiger partial charge in [0.05, 0.1) is 12.1 Å². The molecule has 0 radical (unpaired) electrons. The molecular formula is C15H14N4O3. The Labute approximate surface area is 125 Å². The quantitative estimate of drug-likeness (QED) is 0.683. The SMILES string of the molecule is Cn1cc(CC(=O)Nc2c[nH]nc2C(=O)O)c2ccccc21. The van der Waals surface area contributed by atoms with Crippen molar-refractivity contribution in [2.24, 2.45) is 7.05 Å². The van der Waals surface area contributed by atoms with Crippen molar-refractivity contribution in [3.05, 3.63) is 47.9 Å². The Morgan fingerprint density at radius 2 is 2.14 bits per heavy atom. The van der Waals surface area contributed by atoms with Crippen LogP contribution < -0.4 is 5.32 Å². The number of aromatic carboxylic acids is 1. The number of carbonyl (C=O) groups excluding carboxylic acids is 1. The third-order valence-electron chi connectivity index (χ3n) is 3.45. The molecule has 0 bridgehead atoms. The largest absolute Gasteiger partial charge is 0.476 e. The lowest BCUT2D eigenvalue weighted by Crippen LogP contribution is -2.16. The average molecular weight is 298 g/mol. The summed E-state index contributed by atoms with van der Waals surface area (Å²) in [6.07, 6.45) is 3.41. The maximum absolute atomic E-state index is 12.2. The van der Waals surface area contributed by atoms with E-state index in [1.54, 1.807) is 0 Å². The number of carboxylic acid groups (broad SMARTS) is 1. The molecule has 0 saturated carbocycles. The maximum atomic E-state index is 12.2. The van der Waals surface area contributed by atoms with Gasteiger partial charge in [-0.25, -0.2) is 4.79 Å². The number of fused-ring (bicyclic) bond motifs is 1. The van der Waals surface area contributed by atoms with E-state index in [2.05, 4.69) is 15.5 Å². The molecule has 3 N–H and O–H groups in total. The summed E-state index contributed by atoms with van der Waals surface area (Å²) in [6, 6.07) is 7.80. The molecule has 0 unspecified atom stereocenters. The molecule has 0 aliphatic rings. The summed E-state index contributed by atoms with van der Waals surface area (Å²) < 4.78 is 1.96. The van der Waals surface area contributed by atoms with Crippen molar-refractivity contribution < 1.29 is 14.7 Å². The van der Waals surface area contributed by atoms with E-state index in [0.717, 1.165) is 16.5 Å². The molecule has 7 nitrogen and oxygen atoms in total. The molecule has 7 heteroatoms. The number of aromatic nitrogens is 3. The van der Waals surface area contributed by atoms with E-state index >= 15 is 0 Å². The molecule has 1 aromatic carbocycles. The van der Waals surface area contributed by atoms with Crippen molar-refractivity contribution in [3.8, 4) is 0 Å². The number of rotatable bonds is 4. The van der Waals surface area contributed by atoms with Crippen LogP contribution in [0.3, 0.4) is 0 Å². The van der Waals surface area contributed by atoms with Crippen molar-refractivity contribution in [3.63, 3.8) is 0 Å². The molecule has 112 valence electrons. The Bertz CT molecular complexity index is 863.